The van der Waals surface area contributed by atoms with Crippen LogP contribution in [0.4, 0.5) is 0 Å². The Hall–Kier alpha value is 1.17. The molecule has 17 heavy (non-hydrogen) atoms. The molecule has 0 unspecified atom stereocenters. The molecule has 0 saturated carbocycles. The van der Waals surface area contributed by atoms with Crippen LogP contribution in [0.1, 0.15) is 58.3 Å². The molecule has 0 heterocycles. The fourth-order valence-corrected chi connectivity index (χ4v) is 2.46. The van der Waals surface area contributed by atoms with Crippen LogP contribution in [0.2, 0.25) is 0 Å². The maximum atomic E-state index is 3.50. The molecule has 1 nitrogen and oxygen atoms in total. The summed E-state index contributed by atoms with van der Waals surface area (Å²) >= 11 is 3.50. The lowest BCUT2D eigenvalue weighted by Gasteiger charge is -2.29. The van der Waals surface area contributed by atoms with Gasteiger partial charge in [0.1, 0.15) is 0 Å². The average Bonchev–Trinajstić information content (AvgIpc) is 2.23. The highest BCUT2D eigenvalue weighted by Crippen LogP contribution is 2.09. The molecule has 0 aromatic carbocycles. The SMILES string of the molecule is CCCCCCCC[N+](C)(C)CCCCBr.[I-]. The number of alkyl halides is 1. The summed E-state index contributed by atoms with van der Waals surface area (Å²) in [5.74, 6) is 0. The first kappa shape index (κ1) is 20.5. The Bertz CT molecular complexity index is 151. The number of halogens is 2. The van der Waals surface area contributed by atoms with E-state index in [4.69, 9.17) is 0 Å². The molecule has 3 heteroatoms. The fraction of sp³-hybridized carbons (Fsp3) is 1.00. The summed E-state index contributed by atoms with van der Waals surface area (Å²) in [5, 5.41) is 1.16. The van der Waals surface area contributed by atoms with Crippen molar-refractivity contribution in [3.63, 3.8) is 0 Å². The largest absolute Gasteiger partial charge is 1.00 e. The number of rotatable bonds is 11. The predicted molar refractivity (Wildman–Crippen MR) is 78.2 cm³/mol. The van der Waals surface area contributed by atoms with Crippen molar-refractivity contribution in [1.29, 1.82) is 0 Å². The molecular formula is C14H31BrIN. The summed E-state index contributed by atoms with van der Waals surface area (Å²) in [6.07, 6.45) is 11.2. The van der Waals surface area contributed by atoms with Gasteiger partial charge in [0.05, 0.1) is 27.2 Å². The van der Waals surface area contributed by atoms with Gasteiger partial charge >= 0.3 is 0 Å². The maximum absolute atomic E-state index is 3.50. The Labute approximate surface area is 134 Å². The van der Waals surface area contributed by atoms with Gasteiger partial charge in [0.25, 0.3) is 0 Å². The standard InChI is InChI=1S/C14H31BrN.HI/c1-4-5-6-7-8-10-13-16(2,3)14-11-9-12-15;/h4-14H2,1-3H3;1H/q+1;/p-1. The van der Waals surface area contributed by atoms with E-state index in [1.165, 1.54) is 68.9 Å². The molecule has 0 radical (unpaired) electrons. The first-order chi connectivity index (χ1) is 7.62. The van der Waals surface area contributed by atoms with Crippen LogP contribution < -0.4 is 24.0 Å². The van der Waals surface area contributed by atoms with E-state index < -0.39 is 0 Å². The van der Waals surface area contributed by atoms with E-state index in [0.717, 1.165) is 5.33 Å². The molecular weight excluding hydrogens is 389 g/mol. The third kappa shape index (κ3) is 15.1. The molecule has 0 atom stereocenters. The van der Waals surface area contributed by atoms with Crippen LogP contribution in [-0.4, -0.2) is 37.0 Å². The fourth-order valence-electron chi connectivity index (χ4n) is 2.07. The van der Waals surface area contributed by atoms with E-state index in [1.807, 2.05) is 0 Å². The molecule has 0 fully saturated rings. The van der Waals surface area contributed by atoms with E-state index in [-0.39, 0.29) is 24.0 Å². The van der Waals surface area contributed by atoms with Gasteiger partial charge in [-0.25, -0.2) is 0 Å². The van der Waals surface area contributed by atoms with Crippen LogP contribution >= 0.6 is 15.9 Å². The summed E-state index contributed by atoms with van der Waals surface area (Å²) in [4.78, 5) is 0. The molecule has 0 aromatic heterocycles. The van der Waals surface area contributed by atoms with Gasteiger partial charge in [-0.05, 0) is 25.7 Å². The summed E-state index contributed by atoms with van der Waals surface area (Å²) in [7, 11) is 4.75. The maximum Gasteiger partial charge on any atom is 0.0782 e. The Morgan fingerprint density at radius 3 is 1.76 bits per heavy atom. The van der Waals surface area contributed by atoms with Crippen molar-refractivity contribution in [3.8, 4) is 0 Å². The molecule has 0 bridgehead atoms. The highest BCUT2D eigenvalue weighted by Gasteiger charge is 2.13. The molecule has 0 aliphatic heterocycles. The number of hydrogen-bond acceptors (Lipinski definition) is 0. The van der Waals surface area contributed by atoms with E-state index in [9.17, 15) is 0 Å². The van der Waals surface area contributed by atoms with Crippen molar-refractivity contribution in [3.05, 3.63) is 0 Å². The van der Waals surface area contributed by atoms with Crippen LogP contribution in [0, 0.1) is 0 Å². The second kappa shape index (κ2) is 13.6. The van der Waals surface area contributed by atoms with Gasteiger partial charge in [0.2, 0.25) is 0 Å². The first-order valence-corrected chi connectivity index (χ1v) is 8.12. The van der Waals surface area contributed by atoms with E-state index in [2.05, 4.69) is 36.9 Å². The molecule has 0 N–H and O–H groups in total. The molecule has 106 valence electrons. The Kier molecular flexibility index (Phi) is 16.4. The van der Waals surface area contributed by atoms with Gasteiger partial charge in [0, 0.05) is 5.33 Å². The first-order valence-electron chi connectivity index (χ1n) is 7.00. The van der Waals surface area contributed by atoms with Crippen molar-refractivity contribution in [1.82, 2.24) is 0 Å². The van der Waals surface area contributed by atoms with Crippen molar-refractivity contribution in [2.24, 2.45) is 0 Å². The molecule has 0 aromatic rings. The second-order valence-electron chi connectivity index (χ2n) is 5.55. The van der Waals surface area contributed by atoms with Crippen LogP contribution in [-0.2, 0) is 0 Å². The summed E-state index contributed by atoms with van der Waals surface area (Å²) in [6.45, 7) is 4.97. The Balaban J connectivity index is 0. The van der Waals surface area contributed by atoms with Gasteiger partial charge in [0.15, 0.2) is 0 Å². The molecule has 0 rings (SSSR count). The molecule has 0 spiro atoms. The van der Waals surface area contributed by atoms with Crippen LogP contribution in [0.3, 0.4) is 0 Å². The quantitative estimate of drug-likeness (QED) is 0.206. The zero-order chi connectivity index (χ0) is 12.3. The predicted octanol–water partition coefficient (Wildman–Crippen LogP) is 1.60. The molecule has 0 aliphatic carbocycles. The Morgan fingerprint density at radius 2 is 1.24 bits per heavy atom. The van der Waals surface area contributed by atoms with Gasteiger partial charge in [-0.15, -0.1) is 0 Å². The van der Waals surface area contributed by atoms with Crippen LogP contribution in [0.5, 0.6) is 0 Å². The van der Waals surface area contributed by atoms with E-state index in [0.29, 0.717) is 0 Å². The molecule has 0 saturated heterocycles. The second-order valence-corrected chi connectivity index (χ2v) is 6.34. The van der Waals surface area contributed by atoms with Crippen molar-refractivity contribution in [2.45, 2.75) is 58.3 Å². The Morgan fingerprint density at radius 1 is 0.765 bits per heavy atom. The van der Waals surface area contributed by atoms with Crippen LogP contribution in [0.15, 0.2) is 0 Å². The lowest BCUT2D eigenvalue weighted by atomic mass is 10.1. The van der Waals surface area contributed by atoms with Crippen molar-refractivity contribution in [2.75, 3.05) is 32.5 Å². The summed E-state index contributed by atoms with van der Waals surface area (Å²) < 4.78 is 1.21. The zero-order valence-corrected chi connectivity index (χ0v) is 15.7. The number of quaternary nitrogens is 1. The zero-order valence-electron chi connectivity index (χ0n) is 12.0. The summed E-state index contributed by atoms with van der Waals surface area (Å²) in [6, 6.07) is 0. The molecule has 0 aliphatic rings. The third-order valence-electron chi connectivity index (χ3n) is 3.26. The van der Waals surface area contributed by atoms with Crippen molar-refractivity contribution < 1.29 is 28.5 Å². The minimum absolute atomic E-state index is 0. The monoisotopic (exact) mass is 419 g/mol. The summed E-state index contributed by atoms with van der Waals surface area (Å²) in [5.41, 5.74) is 0. The van der Waals surface area contributed by atoms with Gasteiger partial charge in [-0.2, -0.15) is 0 Å². The highest BCUT2D eigenvalue weighted by molar-refractivity contribution is 9.09. The topological polar surface area (TPSA) is 0 Å². The minimum Gasteiger partial charge on any atom is -1.00 e. The van der Waals surface area contributed by atoms with Gasteiger partial charge in [-0.1, -0.05) is 48.5 Å². The van der Waals surface area contributed by atoms with E-state index >= 15 is 0 Å². The smallest absolute Gasteiger partial charge is 0.0782 e. The highest BCUT2D eigenvalue weighted by atomic mass is 127. The number of nitrogens with zero attached hydrogens (tertiary/aromatic N) is 1. The third-order valence-corrected chi connectivity index (χ3v) is 3.82. The number of unbranched alkanes of at least 4 members (excludes halogenated alkanes) is 6. The van der Waals surface area contributed by atoms with E-state index in [1.54, 1.807) is 0 Å². The van der Waals surface area contributed by atoms with Crippen molar-refractivity contribution >= 4 is 15.9 Å². The van der Waals surface area contributed by atoms with Crippen LogP contribution in [0.25, 0.3) is 0 Å². The lowest BCUT2D eigenvalue weighted by Crippen LogP contribution is -3.00. The average molecular weight is 420 g/mol. The van der Waals surface area contributed by atoms with Gasteiger partial charge in [-0.3, -0.25) is 0 Å². The lowest BCUT2D eigenvalue weighted by molar-refractivity contribution is -0.890. The van der Waals surface area contributed by atoms with Gasteiger partial charge < -0.3 is 28.5 Å². The molecule has 0 amide bonds. The normalized spacial score (nSPS) is 11.3. The minimum atomic E-state index is 0. The number of hydrogen-bond donors (Lipinski definition) is 0.